The van der Waals surface area contributed by atoms with Crippen molar-refractivity contribution in [3.63, 3.8) is 0 Å². The molecular formula is C18H14BrClN2O3. The van der Waals surface area contributed by atoms with Gasteiger partial charge in [-0.25, -0.2) is 9.69 Å². The number of imide groups is 1. The van der Waals surface area contributed by atoms with Gasteiger partial charge in [-0.1, -0.05) is 33.6 Å². The van der Waals surface area contributed by atoms with Gasteiger partial charge in [0.25, 0.3) is 5.91 Å². The molecule has 25 heavy (non-hydrogen) atoms. The highest BCUT2D eigenvalue weighted by Gasteiger charge is 2.35. The summed E-state index contributed by atoms with van der Waals surface area (Å²) in [5.41, 5.74) is 1.27. The molecule has 1 N–H and O–H groups in total. The normalized spacial score (nSPS) is 15.6. The van der Waals surface area contributed by atoms with Gasteiger partial charge < -0.3 is 10.1 Å². The lowest BCUT2D eigenvalue weighted by atomic mass is 10.1. The number of ether oxygens (including phenoxy) is 1. The maximum absolute atomic E-state index is 12.7. The second-order valence-electron chi connectivity index (χ2n) is 5.22. The first-order valence-corrected chi connectivity index (χ1v) is 8.71. The van der Waals surface area contributed by atoms with Crippen molar-refractivity contribution in [3.05, 3.63) is 63.2 Å². The molecule has 2 aromatic carbocycles. The lowest BCUT2D eigenvalue weighted by Gasteiger charge is -2.11. The van der Waals surface area contributed by atoms with Crippen molar-refractivity contribution < 1.29 is 14.3 Å². The van der Waals surface area contributed by atoms with Crippen LogP contribution in [0.1, 0.15) is 12.5 Å². The fourth-order valence-corrected chi connectivity index (χ4v) is 3.02. The van der Waals surface area contributed by atoms with Crippen molar-refractivity contribution in [2.45, 2.75) is 6.92 Å². The molecule has 5 nitrogen and oxygen atoms in total. The van der Waals surface area contributed by atoms with Crippen molar-refractivity contribution >= 4 is 51.2 Å². The Labute approximate surface area is 158 Å². The highest BCUT2D eigenvalue weighted by Crippen LogP contribution is 2.28. The molecule has 0 unspecified atom stereocenters. The second-order valence-corrected chi connectivity index (χ2v) is 6.58. The maximum Gasteiger partial charge on any atom is 0.333 e. The van der Waals surface area contributed by atoms with E-state index < -0.39 is 11.9 Å². The van der Waals surface area contributed by atoms with E-state index in [4.69, 9.17) is 16.3 Å². The fourth-order valence-electron chi connectivity index (χ4n) is 2.46. The Morgan fingerprint density at radius 2 is 2.04 bits per heavy atom. The molecule has 2 aromatic rings. The van der Waals surface area contributed by atoms with Crippen LogP contribution in [-0.4, -0.2) is 18.5 Å². The lowest BCUT2D eigenvalue weighted by molar-refractivity contribution is -0.113. The summed E-state index contributed by atoms with van der Waals surface area (Å²) >= 11 is 9.35. The van der Waals surface area contributed by atoms with Gasteiger partial charge in [0.05, 0.1) is 12.3 Å². The number of benzene rings is 2. The number of anilines is 1. The molecule has 1 aliphatic heterocycles. The largest absolute Gasteiger partial charge is 0.493 e. The van der Waals surface area contributed by atoms with Gasteiger partial charge in [0.2, 0.25) is 0 Å². The summed E-state index contributed by atoms with van der Waals surface area (Å²) in [6.07, 6.45) is 1.60. The number of carbonyl (C=O) groups is 2. The van der Waals surface area contributed by atoms with Gasteiger partial charge in [-0.05, 0) is 49.4 Å². The van der Waals surface area contributed by atoms with Crippen LogP contribution >= 0.6 is 27.5 Å². The number of urea groups is 1. The molecule has 3 amide bonds. The SMILES string of the molecule is CCOc1ccc(Br)cc1C=C1NC(=O)N(c2cccc(Cl)c2)C1=O. The fraction of sp³-hybridized carbons (Fsp3) is 0.111. The molecule has 0 radical (unpaired) electrons. The van der Waals surface area contributed by atoms with Crippen LogP contribution in [0.4, 0.5) is 10.5 Å². The molecular weight excluding hydrogens is 408 g/mol. The summed E-state index contributed by atoms with van der Waals surface area (Å²) in [7, 11) is 0. The van der Waals surface area contributed by atoms with Crippen molar-refractivity contribution in [2.75, 3.05) is 11.5 Å². The van der Waals surface area contributed by atoms with E-state index >= 15 is 0 Å². The molecule has 0 aliphatic carbocycles. The van der Waals surface area contributed by atoms with Crippen LogP contribution in [0.2, 0.25) is 5.02 Å². The van der Waals surface area contributed by atoms with Gasteiger partial charge >= 0.3 is 6.03 Å². The monoisotopic (exact) mass is 420 g/mol. The first-order chi connectivity index (χ1) is 12.0. The maximum atomic E-state index is 12.7. The number of hydrogen-bond acceptors (Lipinski definition) is 3. The molecule has 1 fully saturated rings. The molecule has 1 heterocycles. The van der Waals surface area contributed by atoms with Gasteiger partial charge in [0.1, 0.15) is 11.4 Å². The number of hydrogen-bond donors (Lipinski definition) is 1. The summed E-state index contributed by atoms with van der Waals surface area (Å²) < 4.78 is 6.41. The number of rotatable bonds is 4. The van der Waals surface area contributed by atoms with Crippen LogP contribution in [-0.2, 0) is 4.79 Å². The van der Waals surface area contributed by atoms with Crippen molar-refractivity contribution in [3.8, 4) is 5.75 Å². The summed E-state index contributed by atoms with van der Waals surface area (Å²) in [6.45, 7) is 2.37. The average Bonchev–Trinajstić information content (AvgIpc) is 2.84. The van der Waals surface area contributed by atoms with Crippen molar-refractivity contribution in [1.82, 2.24) is 5.32 Å². The Morgan fingerprint density at radius 1 is 1.24 bits per heavy atom. The third-order valence-electron chi connectivity index (χ3n) is 3.52. The smallest absolute Gasteiger partial charge is 0.333 e. The zero-order chi connectivity index (χ0) is 18.0. The average molecular weight is 422 g/mol. The zero-order valence-electron chi connectivity index (χ0n) is 13.3. The number of halogens is 2. The van der Waals surface area contributed by atoms with Crippen LogP contribution in [0.25, 0.3) is 6.08 Å². The van der Waals surface area contributed by atoms with E-state index in [-0.39, 0.29) is 5.70 Å². The molecule has 7 heteroatoms. The topological polar surface area (TPSA) is 58.6 Å². The van der Waals surface area contributed by atoms with E-state index in [0.717, 1.165) is 9.37 Å². The van der Waals surface area contributed by atoms with Crippen LogP contribution in [0.3, 0.4) is 0 Å². The number of nitrogens with zero attached hydrogens (tertiary/aromatic N) is 1. The molecule has 0 spiro atoms. The van der Waals surface area contributed by atoms with E-state index in [9.17, 15) is 9.59 Å². The minimum absolute atomic E-state index is 0.170. The van der Waals surface area contributed by atoms with Gasteiger partial charge in [0.15, 0.2) is 0 Å². The Morgan fingerprint density at radius 3 is 2.76 bits per heavy atom. The standard InChI is InChI=1S/C18H14BrClN2O3/c1-2-25-16-7-6-12(19)8-11(16)9-15-17(23)22(18(24)21-15)14-5-3-4-13(20)10-14/h3-10H,2H2,1H3,(H,21,24). The Hall–Kier alpha value is -2.31. The molecule has 0 atom stereocenters. The number of nitrogens with one attached hydrogen (secondary N) is 1. The third-order valence-corrected chi connectivity index (χ3v) is 4.24. The predicted molar refractivity (Wildman–Crippen MR) is 101 cm³/mol. The van der Waals surface area contributed by atoms with Crippen LogP contribution in [0.15, 0.2) is 52.6 Å². The Kier molecular flexibility index (Phi) is 5.11. The zero-order valence-corrected chi connectivity index (χ0v) is 15.6. The Bertz CT molecular complexity index is 882. The molecule has 128 valence electrons. The van der Waals surface area contributed by atoms with Crippen LogP contribution in [0, 0.1) is 0 Å². The van der Waals surface area contributed by atoms with Crippen LogP contribution < -0.4 is 15.0 Å². The highest BCUT2D eigenvalue weighted by molar-refractivity contribution is 9.10. The molecule has 0 aromatic heterocycles. The highest BCUT2D eigenvalue weighted by atomic mass is 79.9. The summed E-state index contributed by atoms with van der Waals surface area (Å²) in [4.78, 5) is 26.0. The van der Waals surface area contributed by atoms with Crippen LogP contribution in [0.5, 0.6) is 5.75 Å². The minimum Gasteiger partial charge on any atom is -0.493 e. The quantitative estimate of drug-likeness (QED) is 0.580. The van der Waals surface area contributed by atoms with E-state index in [1.807, 2.05) is 19.1 Å². The number of amides is 3. The van der Waals surface area contributed by atoms with Crippen molar-refractivity contribution in [1.29, 1.82) is 0 Å². The van der Waals surface area contributed by atoms with Crippen molar-refractivity contribution in [2.24, 2.45) is 0 Å². The van der Waals surface area contributed by atoms with E-state index in [1.165, 1.54) is 0 Å². The second kappa shape index (κ2) is 7.29. The van der Waals surface area contributed by atoms with Gasteiger partial charge in [-0.3, -0.25) is 4.79 Å². The molecule has 1 saturated heterocycles. The third kappa shape index (κ3) is 3.70. The first-order valence-electron chi connectivity index (χ1n) is 7.54. The van der Waals surface area contributed by atoms with Gasteiger partial charge in [0, 0.05) is 15.1 Å². The van der Waals surface area contributed by atoms with E-state index in [1.54, 1.807) is 36.4 Å². The van der Waals surface area contributed by atoms with E-state index in [0.29, 0.717) is 28.6 Å². The Balaban J connectivity index is 1.97. The van der Waals surface area contributed by atoms with Gasteiger partial charge in [-0.2, -0.15) is 0 Å². The summed E-state index contributed by atoms with van der Waals surface area (Å²) in [5, 5.41) is 3.04. The molecule has 0 bridgehead atoms. The first kappa shape index (κ1) is 17.5. The van der Waals surface area contributed by atoms with E-state index in [2.05, 4.69) is 21.2 Å². The summed E-state index contributed by atoms with van der Waals surface area (Å²) in [5.74, 6) is 0.177. The molecule has 1 aliphatic rings. The van der Waals surface area contributed by atoms with Gasteiger partial charge in [-0.15, -0.1) is 0 Å². The minimum atomic E-state index is -0.522. The summed E-state index contributed by atoms with van der Waals surface area (Å²) in [6, 6.07) is 11.5. The molecule has 0 saturated carbocycles. The number of carbonyl (C=O) groups excluding carboxylic acids is 2. The predicted octanol–water partition coefficient (Wildman–Crippen LogP) is 4.60. The molecule has 3 rings (SSSR count). The lowest BCUT2D eigenvalue weighted by Crippen LogP contribution is -2.30.